The molecule has 0 aliphatic heterocycles. The van der Waals surface area contributed by atoms with Gasteiger partial charge in [0.05, 0.1) is 25.9 Å². The summed E-state index contributed by atoms with van der Waals surface area (Å²) < 4.78 is 16.6. The van der Waals surface area contributed by atoms with Gasteiger partial charge in [0, 0.05) is 18.2 Å². The van der Waals surface area contributed by atoms with Gasteiger partial charge >= 0.3 is 0 Å². The van der Waals surface area contributed by atoms with E-state index in [0.717, 1.165) is 29.9 Å². The van der Waals surface area contributed by atoms with Crippen LogP contribution in [-0.4, -0.2) is 37.2 Å². The van der Waals surface area contributed by atoms with Crippen LogP contribution in [0, 0.1) is 11.3 Å². The highest BCUT2D eigenvalue weighted by Gasteiger charge is 2.35. The minimum Gasteiger partial charge on any atom is -0.497 e. The van der Waals surface area contributed by atoms with Crippen molar-refractivity contribution in [2.75, 3.05) is 14.2 Å². The summed E-state index contributed by atoms with van der Waals surface area (Å²) in [4.78, 5) is 14.9. The van der Waals surface area contributed by atoms with Crippen LogP contribution in [0.5, 0.6) is 17.2 Å². The largest absolute Gasteiger partial charge is 0.497 e. The minimum absolute atomic E-state index is 0.0725. The normalized spacial score (nSPS) is 13.9. The number of amides is 1. The molecule has 1 saturated carbocycles. The summed E-state index contributed by atoms with van der Waals surface area (Å²) in [6.07, 6.45) is 1.34. The Bertz CT molecular complexity index is 869. The van der Waals surface area contributed by atoms with Gasteiger partial charge in [0.25, 0.3) is 5.91 Å². The van der Waals surface area contributed by atoms with Gasteiger partial charge in [-0.3, -0.25) is 4.79 Å². The smallest absolute Gasteiger partial charge is 0.263 e. The van der Waals surface area contributed by atoms with Crippen LogP contribution >= 0.6 is 0 Å². The second-order valence-corrected chi connectivity index (χ2v) is 6.77. The lowest BCUT2D eigenvalue weighted by Crippen LogP contribution is -2.41. The van der Waals surface area contributed by atoms with Gasteiger partial charge < -0.3 is 19.1 Å². The Kier molecular flexibility index (Phi) is 6.05. The van der Waals surface area contributed by atoms with Gasteiger partial charge in [-0.05, 0) is 62.2 Å². The molecule has 1 amide bonds. The Morgan fingerprint density at radius 2 is 1.82 bits per heavy atom. The second kappa shape index (κ2) is 8.66. The molecule has 0 N–H and O–H groups in total. The van der Waals surface area contributed by atoms with E-state index in [1.807, 2.05) is 23.1 Å². The molecule has 146 valence electrons. The van der Waals surface area contributed by atoms with Crippen molar-refractivity contribution in [3.63, 3.8) is 0 Å². The number of ether oxygens (including phenoxy) is 3. The van der Waals surface area contributed by atoms with E-state index in [1.54, 1.807) is 45.4 Å². The first-order chi connectivity index (χ1) is 13.5. The second-order valence-electron chi connectivity index (χ2n) is 6.77. The SMILES string of the molecule is COc1ccc(OC)c(CN(C(=O)C(C)Oc2ccc(C#N)cc2)C2CC2)c1. The van der Waals surface area contributed by atoms with Crippen LogP contribution in [0.25, 0.3) is 0 Å². The first kappa shape index (κ1) is 19.6. The molecule has 2 aromatic carbocycles. The molecule has 1 aliphatic rings. The van der Waals surface area contributed by atoms with Crippen LogP contribution in [0.15, 0.2) is 42.5 Å². The third-order valence-corrected chi connectivity index (χ3v) is 4.74. The van der Waals surface area contributed by atoms with Gasteiger partial charge in [-0.2, -0.15) is 5.26 Å². The standard InChI is InChI=1S/C22H24N2O4/c1-15(28-19-8-4-16(13-23)5-9-19)22(25)24(18-6-7-18)14-17-12-20(26-2)10-11-21(17)27-3/h4-5,8-12,15,18H,6-7,14H2,1-3H3. The minimum atomic E-state index is -0.634. The van der Waals surface area contributed by atoms with E-state index in [9.17, 15) is 4.79 Å². The number of hydrogen-bond donors (Lipinski definition) is 0. The number of carbonyl (C=O) groups is 1. The topological polar surface area (TPSA) is 71.8 Å². The van der Waals surface area contributed by atoms with E-state index in [-0.39, 0.29) is 11.9 Å². The molecule has 1 atom stereocenters. The van der Waals surface area contributed by atoms with Crippen molar-refractivity contribution in [2.24, 2.45) is 0 Å². The van der Waals surface area contributed by atoms with Gasteiger partial charge in [0.2, 0.25) is 0 Å². The maximum atomic E-state index is 13.1. The summed E-state index contributed by atoms with van der Waals surface area (Å²) in [6.45, 7) is 2.18. The van der Waals surface area contributed by atoms with Crippen molar-refractivity contribution < 1.29 is 19.0 Å². The predicted molar refractivity (Wildman–Crippen MR) is 104 cm³/mol. The number of rotatable bonds is 8. The highest BCUT2D eigenvalue weighted by atomic mass is 16.5. The lowest BCUT2D eigenvalue weighted by molar-refractivity contribution is -0.139. The molecule has 1 unspecified atom stereocenters. The molecule has 28 heavy (non-hydrogen) atoms. The third-order valence-electron chi connectivity index (χ3n) is 4.74. The van der Waals surface area contributed by atoms with E-state index in [1.165, 1.54) is 0 Å². The lowest BCUT2D eigenvalue weighted by Gasteiger charge is -2.27. The average molecular weight is 380 g/mol. The van der Waals surface area contributed by atoms with Crippen LogP contribution in [-0.2, 0) is 11.3 Å². The fourth-order valence-electron chi connectivity index (χ4n) is 3.06. The Labute approximate surface area is 165 Å². The molecule has 1 aliphatic carbocycles. The van der Waals surface area contributed by atoms with Gasteiger partial charge in [-0.25, -0.2) is 0 Å². The van der Waals surface area contributed by atoms with Gasteiger partial charge in [-0.1, -0.05) is 0 Å². The molecule has 3 rings (SSSR count). The fourth-order valence-corrected chi connectivity index (χ4v) is 3.06. The third kappa shape index (κ3) is 4.55. The van der Waals surface area contributed by atoms with Gasteiger partial charge in [0.1, 0.15) is 17.2 Å². The van der Waals surface area contributed by atoms with Gasteiger partial charge in [0.15, 0.2) is 6.10 Å². The quantitative estimate of drug-likeness (QED) is 0.700. The van der Waals surface area contributed by atoms with Crippen molar-refractivity contribution in [3.8, 4) is 23.3 Å². The molecular formula is C22H24N2O4. The van der Waals surface area contributed by atoms with E-state index in [0.29, 0.717) is 17.9 Å². The number of carbonyl (C=O) groups excluding carboxylic acids is 1. The van der Waals surface area contributed by atoms with Crippen LogP contribution < -0.4 is 14.2 Å². The Morgan fingerprint density at radius 3 is 2.39 bits per heavy atom. The first-order valence-electron chi connectivity index (χ1n) is 9.24. The van der Waals surface area contributed by atoms with E-state index < -0.39 is 6.10 Å². The maximum absolute atomic E-state index is 13.1. The van der Waals surface area contributed by atoms with Crippen molar-refractivity contribution in [2.45, 2.75) is 38.5 Å². The molecule has 0 bridgehead atoms. The van der Waals surface area contributed by atoms with Gasteiger partial charge in [-0.15, -0.1) is 0 Å². The number of hydrogen-bond acceptors (Lipinski definition) is 5. The monoisotopic (exact) mass is 380 g/mol. The summed E-state index contributed by atoms with van der Waals surface area (Å²) >= 11 is 0. The van der Waals surface area contributed by atoms with Crippen LogP contribution in [0.4, 0.5) is 0 Å². The number of nitrogens with zero attached hydrogens (tertiary/aromatic N) is 2. The molecule has 1 fully saturated rings. The average Bonchev–Trinajstić information content (AvgIpc) is 3.57. The Hall–Kier alpha value is -3.20. The molecule has 0 aromatic heterocycles. The molecule has 0 saturated heterocycles. The molecule has 2 aromatic rings. The number of benzene rings is 2. The number of nitriles is 1. The lowest BCUT2D eigenvalue weighted by atomic mass is 10.1. The summed E-state index contributed by atoms with van der Waals surface area (Å²) in [6, 6.07) is 14.6. The predicted octanol–water partition coefficient (Wildman–Crippen LogP) is 3.53. The molecular weight excluding hydrogens is 356 g/mol. The summed E-state index contributed by atoms with van der Waals surface area (Å²) in [7, 11) is 3.23. The molecule has 0 spiro atoms. The Morgan fingerprint density at radius 1 is 1.14 bits per heavy atom. The van der Waals surface area contributed by atoms with Crippen LogP contribution in [0.3, 0.4) is 0 Å². The zero-order valence-electron chi connectivity index (χ0n) is 16.3. The van der Waals surface area contributed by atoms with E-state index >= 15 is 0 Å². The van der Waals surface area contributed by atoms with Crippen LogP contribution in [0.2, 0.25) is 0 Å². The fraction of sp³-hybridized carbons (Fsp3) is 0.364. The summed E-state index contributed by atoms with van der Waals surface area (Å²) in [5.41, 5.74) is 1.45. The molecule has 6 heteroatoms. The summed E-state index contributed by atoms with van der Waals surface area (Å²) in [5, 5.41) is 8.89. The van der Waals surface area contributed by atoms with Crippen LogP contribution in [0.1, 0.15) is 30.9 Å². The molecule has 0 heterocycles. The zero-order chi connectivity index (χ0) is 20.1. The zero-order valence-corrected chi connectivity index (χ0v) is 16.3. The first-order valence-corrected chi connectivity index (χ1v) is 9.24. The van der Waals surface area contributed by atoms with Crippen molar-refractivity contribution >= 4 is 5.91 Å². The van der Waals surface area contributed by atoms with Crippen molar-refractivity contribution in [1.29, 1.82) is 5.26 Å². The summed E-state index contributed by atoms with van der Waals surface area (Å²) in [5.74, 6) is 1.94. The van der Waals surface area contributed by atoms with E-state index in [2.05, 4.69) is 6.07 Å². The van der Waals surface area contributed by atoms with Crippen molar-refractivity contribution in [3.05, 3.63) is 53.6 Å². The Balaban J connectivity index is 1.74. The highest BCUT2D eigenvalue weighted by molar-refractivity contribution is 5.81. The molecule has 6 nitrogen and oxygen atoms in total. The van der Waals surface area contributed by atoms with Crippen molar-refractivity contribution in [1.82, 2.24) is 4.90 Å². The number of methoxy groups -OCH3 is 2. The maximum Gasteiger partial charge on any atom is 0.263 e. The molecule has 0 radical (unpaired) electrons. The highest BCUT2D eigenvalue weighted by Crippen LogP contribution is 2.32. The van der Waals surface area contributed by atoms with E-state index in [4.69, 9.17) is 19.5 Å².